The third-order valence-corrected chi connectivity index (χ3v) is 9.85. The lowest BCUT2D eigenvalue weighted by Crippen LogP contribution is -2.36. The first-order valence-corrected chi connectivity index (χ1v) is 15.8. The van der Waals surface area contributed by atoms with Gasteiger partial charge in [0.2, 0.25) is 0 Å². The van der Waals surface area contributed by atoms with Crippen LogP contribution in [0.5, 0.6) is 5.75 Å². The molecule has 3 aliphatic rings. The molecule has 1 saturated heterocycles. The first kappa shape index (κ1) is 29.7. The number of carbonyl (C=O) groups excluding carboxylic acids is 1. The SMILES string of the molecule is Cc1cccc(CN(C(=O)C2=C(c3ccc(OCc4cc(-c5c(F)ccc(F)c5Cl)no4)cc3)C[C@H]3CNC[C@@H]23)C2CC2)c1C. The number of benzene rings is 3. The summed E-state index contributed by atoms with van der Waals surface area (Å²) in [5.74, 6) is 0.300. The number of aromatic nitrogens is 1. The van der Waals surface area contributed by atoms with Crippen LogP contribution in [0.2, 0.25) is 5.02 Å². The van der Waals surface area contributed by atoms with Crippen LogP contribution in [0.4, 0.5) is 8.78 Å². The van der Waals surface area contributed by atoms with Crippen LogP contribution in [0.15, 0.2) is 70.8 Å². The molecule has 9 heteroatoms. The van der Waals surface area contributed by atoms with E-state index in [1.165, 1.54) is 22.8 Å². The molecule has 2 fully saturated rings. The summed E-state index contributed by atoms with van der Waals surface area (Å²) in [6, 6.07) is 17.9. The number of nitrogens with zero attached hydrogens (tertiary/aromatic N) is 2. The van der Waals surface area contributed by atoms with Crippen LogP contribution < -0.4 is 10.1 Å². The van der Waals surface area contributed by atoms with Gasteiger partial charge >= 0.3 is 0 Å². The first-order chi connectivity index (χ1) is 21.8. The molecule has 0 bridgehead atoms. The molecule has 2 heterocycles. The fourth-order valence-electron chi connectivity index (χ4n) is 6.68. The van der Waals surface area contributed by atoms with Gasteiger partial charge in [0.25, 0.3) is 5.91 Å². The summed E-state index contributed by atoms with van der Waals surface area (Å²) in [6.45, 7) is 6.67. The fraction of sp³-hybridized carbons (Fsp3) is 0.333. The largest absolute Gasteiger partial charge is 0.486 e. The van der Waals surface area contributed by atoms with E-state index in [0.717, 1.165) is 61.2 Å². The quantitative estimate of drug-likeness (QED) is 0.193. The Labute approximate surface area is 266 Å². The summed E-state index contributed by atoms with van der Waals surface area (Å²) in [6.07, 6.45) is 2.96. The van der Waals surface area contributed by atoms with Crippen LogP contribution in [0.25, 0.3) is 16.8 Å². The van der Waals surface area contributed by atoms with Crippen molar-refractivity contribution in [3.8, 4) is 17.0 Å². The lowest BCUT2D eigenvalue weighted by molar-refractivity contribution is -0.128. The number of hydrogen-bond acceptors (Lipinski definition) is 5. The van der Waals surface area contributed by atoms with Gasteiger partial charge in [-0.05, 0) is 97.7 Å². The number of allylic oxidation sites excluding steroid dienone is 1. The van der Waals surface area contributed by atoms with Crippen LogP contribution in [0.3, 0.4) is 0 Å². The molecule has 1 amide bonds. The summed E-state index contributed by atoms with van der Waals surface area (Å²) in [4.78, 5) is 16.5. The zero-order valence-corrected chi connectivity index (χ0v) is 26.0. The van der Waals surface area contributed by atoms with E-state index in [4.69, 9.17) is 20.9 Å². The molecule has 1 aliphatic heterocycles. The highest BCUT2D eigenvalue weighted by atomic mass is 35.5. The average molecular weight is 630 g/mol. The lowest BCUT2D eigenvalue weighted by Gasteiger charge is -2.27. The summed E-state index contributed by atoms with van der Waals surface area (Å²) in [5, 5.41) is 7.01. The molecule has 2 aliphatic carbocycles. The number of ether oxygens (including phenoxy) is 1. The Balaban J connectivity index is 1.10. The third kappa shape index (κ3) is 5.77. The second-order valence-electron chi connectivity index (χ2n) is 12.4. The number of rotatable bonds is 9. The van der Waals surface area contributed by atoms with Crippen molar-refractivity contribution in [1.29, 1.82) is 0 Å². The number of aryl methyl sites for hydroxylation is 1. The maximum absolute atomic E-state index is 14.4. The van der Waals surface area contributed by atoms with Gasteiger partial charge in [0, 0.05) is 36.7 Å². The molecule has 2 atom stereocenters. The third-order valence-electron chi connectivity index (χ3n) is 9.48. The number of fused-ring (bicyclic) bond motifs is 1. The zero-order chi connectivity index (χ0) is 31.2. The number of amides is 1. The molecule has 1 saturated carbocycles. The van der Waals surface area contributed by atoms with Crippen LogP contribution in [-0.4, -0.2) is 35.1 Å². The second-order valence-corrected chi connectivity index (χ2v) is 12.7. The molecule has 232 valence electrons. The summed E-state index contributed by atoms with van der Waals surface area (Å²) in [7, 11) is 0. The van der Waals surface area contributed by atoms with E-state index < -0.39 is 11.6 Å². The van der Waals surface area contributed by atoms with E-state index >= 15 is 0 Å². The Hall–Kier alpha value is -4.01. The highest BCUT2D eigenvalue weighted by Gasteiger charge is 2.44. The topological polar surface area (TPSA) is 67.6 Å². The van der Waals surface area contributed by atoms with Gasteiger partial charge in [0.1, 0.15) is 29.7 Å². The van der Waals surface area contributed by atoms with Crippen molar-refractivity contribution in [3.63, 3.8) is 0 Å². The van der Waals surface area contributed by atoms with E-state index in [-0.39, 0.29) is 34.7 Å². The molecule has 0 radical (unpaired) electrons. The Morgan fingerprint density at radius 1 is 1.07 bits per heavy atom. The van der Waals surface area contributed by atoms with E-state index in [2.05, 4.69) is 47.4 Å². The maximum atomic E-state index is 14.4. The molecule has 1 N–H and O–H groups in total. The molecular weight excluding hydrogens is 596 g/mol. The first-order valence-electron chi connectivity index (χ1n) is 15.4. The normalized spacial score (nSPS) is 19.2. The van der Waals surface area contributed by atoms with Crippen molar-refractivity contribution in [3.05, 3.63) is 111 Å². The van der Waals surface area contributed by atoms with Gasteiger partial charge < -0.3 is 19.5 Å². The van der Waals surface area contributed by atoms with Gasteiger partial charge in [-0.15, -0.1) is 0 Å². The van der Waals surface area contributed by atoms with Gasteiger partial charge in [-0.1, -0.05) is 47.1 Å². The van der Waals surface area contributed by atoms with Gasteiger partial charge in [-0.25, -0.2) is 8.78 Å². The molecule has 3 aromatic carbocycles. The Morgan fingerprint density at radius 3 is 2.62 bits per heavy atom. The standard InChI is InChI=1S/C36H34ClF2N3O3/c1-20-4-3-5-23(21(20)2)18-42(25-8-9-25)36(43)33-28(14-24-16-40-17-29(24)33)22-6-10-26(11-7-22)44-19-27-15-32(41-45-27)34-30(38)12-13-31(39)35(34)37/h3-7,10-13,15,24-25,29,40H,8-9,14,16-19H2,1-2H3/t24-,29+/m0/s1. The monoisotopic (exact) mass is 629 g/mol. The molecular formula is C36H34ClF2N3O3. The van der Waals surface area contributed by atoms with Crippen LogP contribution in [-0.2, 0) is 17.9 Å². The van der Waals surface area contributed by atoms with Gasteiger partial charge in [0.05, 0.1) is 10.6 Å². The molecule has 6 nitrogen and oxygen atoms in total. The maximum Gasteiger partial charge on any atom is 0.250 e. The Bertz CT molecular complexity index is 1800. The molecule has 1 aromatic heterocycles. The average Bonchev–Trinajstić information content (AvgIpc) is 3.41. The van der Waals surface area contributed by atoms with E-state index in [0.29, 0.717) is 30.0 Å². The van der Waals surface area contributed by atoms with Crippen LogP contribution in [0, 0.1) is 37.3 Å². The molecule has 7 rings (SSSR count). The van der Waals surface area contributed by atoms with Crippen LogP contribution >= 0.6 is 11.6 Å². The lowest BCUT2D eigenvalue weighted by atomic mass is 9.93. The minimum atomic E-state index is -0.738. The summed E-state index contributed by atoms with van der Waals surface area (Å²) in [5.41, 5.74) is 6.75. The van der Waals surface area contributed by atoms with Crippen molar-refractivity contribution < 1.29 is 22.8 Å². The highest BCUT2D eigenvalue weighted by Crippen LogP contribution is 2.46. The molecule has 4 aromatic rings. The van der Waals surface area contributed by atoms with E-state index in [9.17, 15) is 13.6 Å². The van der Waals surface area contributed by atoms with Crippen molar-refractivity contribution in [2.24, 2.45) is 11.8 Å². The summed E-state index contributed by atoms with van der Waals surface area (Å²) >= 11 is 5.97. The van der Waals surface area contributed by atoms with Crippen molar-refractivity contribution in [1.82, 2.24) is 15.4 Å². The Kier molecular flexibility index (Phi) is 7.96. The number of nitrogens with one attached hydrogen (secondary N) is 1. The molecule has 45 heavy (non-hydrogen) atoms. The minimum Gasteiger partial charge on any atom is -0.486 e. The Morgan fingerprint density at radius 2 is 1.84 bits per heavy atom. The number of hydrogen-bond donors (Lipinski definition) is 1. The number of halogens is 3. The fourth-order valence-corrected chi connectivity index (χ4v) is 6.93. The van der Waals surface area contributed by atoms with Crippen molar-refractivity contribution in [2.45, 2.75) is 52.3 Å². The predicted molar refractivity (Wildman–Crippen MR) is 169 cm³/mol. The van der Waals surface area contributed by atoms with Gasteiger partial charge in [-0.3, -0.25) is 4.79 Å². The summed E-state index contributed by atoms with van der Waals surface area (Å²) < 4.78 is 39.4. The second kappa shape index (κ2) is 12.1. The highest BCUT2D eigenvalue weighted by molar-refractivity contribution is 6.33. The predicted octanol–water partition coefficient (Wildman–Crippen LogP) is 7.65. The molecule has 0 unspecified atom stereocenters. The number of carbonyl (C=O) groups is 1. The smallest absolute Gasteiger partial charge is 0.250 e. The zero-order valence-electron chi connectivity index (χ0n) is 25.2. The van der Waals surface area contributed by atoms with E-state index in [1.807, 2.05) is 24.3 Å². The molecule has 0 spiro atoms. The van der Waals surface area contributed by atoms with Crippen molar-refractivity contribution in [2.75, 3.05) is 13.1 Å². The minimum absolute atomic E-state index is 0.0396. The van der Waals surface area contributed by atoms with E-state index in [1.54, 1.807) is 0 Å². The van der Waals surface area contributed by atoms with Crippen LogP contribution in [0.1, 0.15) is 47.3 Å². The van der Waals surface area contributed by atoms with Crippen molar-refractivity contribution >= 4 is 23.1 Å². The van der Waals surface area contributed by atoms with Gasteiger partial charge in [-0.2, -0.15) is 0 Å². The van der Waals surface area contributed by atoms with Gasteiger partial charge in [0.15, 0.2) is 5.76 Å².